The monoisotopic (exact) mass is 278 g/mol. The Labute approximate surface area is 114 Å². The van der Waals surface area contributed by atoms with Crippen LogP contribution in [0.25, 0.3) is 10.6 Å². The SMILES string of the molecule is Cc1cc(-c2nnc(CCCN)s2)ccc1[N+](=O)[O-]. The zero-order chi connectivity index (χ0) is 13.8. The fourth-order valence-corrected chi connectivity index (χ4v) is 2.60. The Bertz CT molecular complexity index is 597. The highest BCUT2D eigenvalue weighted by Gasteiger charge is 2.13. The van der Waals surface area contributed by atoms with Crippen LogP contribution in [0.1, 0.15) is 17.0 Å². The zero-order valence-corrected chi connectivity index (χ0v) is 11.3. The van der Waals surface area contributed by atoms with Gasteiger partial charge in [0.25, 0.3) is 5.69 Å². The number of hydrogen-bond acceptors (Lipinski definition) is 6. The third-order valence-corrected chi connectivity index (χ3v) is 3.73. The van der Waals surface area contributed by atoms with Gasteiger partial charge in [0.1, 0.15) is 10.0 Å². The van der Waals surface area contributed by atoms with Gasteiger partial charge in [-0.25, -0.2) is 0 Å². The van der Waals surface area contributed by atoms with Crippen LogP contribution >= 0.6 is 11.3 Å². The van der Waals surface area contributed by atoms with E-state index in [0.29, 0.717) is 12.1 Å². The Kier molecular flexibility index (Phi) is 4.18. The molecule has 0 aliphatic rings. The maximum absolute atomic E-state index is 10.8. The number of nitro groups is 1. The number of nitrogens with zero attached hydrogens (tertiary/aromatic N) is 3. The standard InChI is InChI=1S/C12H14N4O2S/c1-8-7-9(4-5-10(8)16(17)18)12-15-14-11(19-12)3-2-6-13/h4-5,7H,2-3,6,13H2,1H3. The van der Waals surface area contributed by atoms with E-state index >= 15 is 0 Å². The first-order valence-corrected chi connectivity index (χ1v) is 6.71. The first-order chi connectivity index (χ1) is 9.11. The van der Waals surface area contributed by atoms with Gasteiger partial charge in [-0.3, -0.25) is 10.1 Å². The fourth-order valence-electron chi connectivity index (χ4n) is 1.72. The van der Waals surface area contributed by atoms with Crippen LogP contribution in [0.15, 0.2) is 18.2 Å². The zero-order valence-electron chi connectivity index (χ0n) is 10.5. The highest BCUT2D eigenvalue weighted by atomic mass is 32.1. The van der Waals surface area contributed by atoms with Crippen molar-refractivity contribution in [3.8, 4) is 10.6 Å². The largest absolute Gasteiger partial charge is 0.330 e. The second kappa shape index (κ2) is 5.85. The predicted molar refractivity (Wildman–Crippen MR) is 74.1 cm³/mol. The van der Waals surface area contributed by atoms with E-state index in [1.807, 2.05) is 0 Å². The van der Waals surface area contributed by atoms with Crippen molar-refractivity contribution in [2.45, 2.75) is 19.8 Å². The van der Waals surface area contributed by atoms with Crippen molar-refractivity contribution in [2.24, 2.45) is 5.73 Å². The molecular weight excluding hydrogens is 264 g/mol. The summed E-state index contributed by atoms with van der Waals surface area (Å²) in [5.41, 5.74) is 7.06. The summed E-state index contributed by atoms with van der Waals surface area (Å²) < 4.78 is 0. The van der Waals surface area contributed by atoms with Crippen LogP contribution in [0, 0.1) is 17.0 Å². The molecule has 7 heteroatoms. The lowest BCUT2D eigenvalue weighted by Gasteiger charge is -1.99. The summed E-state index contributed by atoms with van der Waals surface area (Å²) in [6, 6.07) is 4.98. The lowest BCUT2D eigenvalue weighted by atomic mass is 10.1. The molecule has 0 atom stereocenters. The summed E-state index contributed by atoms with van der Waals surface area (Å²) >= 11 is 1.50. The third kappa shape index (κ3) is 3.12. The number of aromatic nitrogens is 2. The third-order valence-electron chi connectivity index (χ3n) is 2.70. The Morgan fingerprint density at radius 3 is 2.84 bits per heavy atom. The fraction of sp³-hybridized carbons (Fsp3) is 0.333. The minimum absolute atomic E-state index is 0.122. The van der Waals surface area contributed by atoms with Gasteiger partial charge >= 0.3 is 0 Å². The number of benzene rings is 1. The van der Waals surface area contributed by atoms with E-state index in [9.17, 15) is 10.1 Å². The molecule has 2 N–H and O–H groups in total. The Balaban J connectivity index is 2.24. The second-order valence-corrected chi connectivity index (χ2v) is 5.21. The van der Waals surface area contributed by atoms with Crippen molar-refractivity contribution >= 4 is 17.0 Å². The molecule has 0 unspecified atom stereocenters. The summed E-state index contributed by atoms with van der Waals surface area (Å²) in [5.74, 6) is 0. The molecule has 0 aliphatic carbocycles. The van der Waals surface area contributed by atoms with Crippen molar-refractivity contribution in [1.29, 1.82) is 0 Å². The maximum Gasteiger partial charge on any atom is 0.272 e. The van der Waals surface area contributed by atoms with Gasteiger partial charge in [-0.1, -0.05) is 11.3 Å². The van der Waals surface area contributed by atoms with Crippen molar-refractivity contribution in [3.63, 3.8) is 0 Å². The molecule has 2 aromatic rings. The minimum atomic E-state index is -0.383. The van der Waals surface area contributed by atoms with Gasteiger partial charge in [-0.2, -0.15) is 0 Å². The lowest BCUT2D eigenvalue weighted by Crippen LogP contribution is -1.99. The van der Waals surface area contributed by atoms with Gasteiger partial charge in [-0.15, -0.1) is 10.2 Å². The summed E-state index contributed by atoms with van der Waals surface area (Å²) in [6.07, 6.45) is 1.70. The first kappa shape index (κ1) is 13.6. The van der Waals surface area contributed by atoms with Crippen LogP contribution in [0.3, 0.4) is 0 Å². The van der Waals surface area contributed by atoms with E-state index in [1.165, 1.54) is 17.4 Å². The molecule has 0 radical (unpaired) electrons. The van der Waals surface area contributed by atoms with E-state index in [-0.39, 0.29) is 10.6 Å². The Hall–Kier alpha value is -1.86. The lowest BCUT2D eigenvalue weighted by molar-refractivity contribution is -0.385. The summed E-state index contributed by atoms with van der Waals surface area (Å²) in [6.45, 7) is 2.35. The first-order valence-electron chi connectivity index (χ1n) is 5.89. The van der Waals surface area contributed by atoms with Gasteiger partial charge < -0.3 is 5.73 Å². The van der Waals surface area contributed by atoms with Crippen molar-refractivity contribution in [1.82, 2.24) is 10.2 Å². The molecule has 1 heterocycles. The number of aryl methyl sites for hydroxylation is 2. The van der Waals surface area contributed by atoms with Crippen LogP contribution in [0.2, 0.25) is 0 Å². The maximum atomic E-state index is 10.8. The summed E-state index contributed by atoms with van der Waals surface area (Å²) in [7, 11) is 0. The molecule has 0 saturated carbocycles. The van der Waals surface area contributed by atoms with E-state index in [2.05, 4.69) is 10.2 Å². The Morgan fingerprint density at radius 1 is 1.42 bits per heavy atom. The molecule has 100 valence electrons. The van der Waals surface area contributed by atoms with Crippen LogP contribution < -0.4 is 5.73 Å². The molecule has 19 heavy (non-hydrogen) atoms. The summed E-state index contributed by atoms with van der Waals surface area (Å²) in [5, 5.41) is 20.7. The molecule has 0 spiro atoms. The van der Waals surface area contributed by atoms with Crippen LogP contribution in [0.4, 0.5) is 5.69 Å². The van der Waals surface area contributed by atoms with Gasteiger partial charge in [0.2, 0.25) is 0 Å². The van der Waals surface area contributed by atoms with E-state index in [4.69, 9.17) is 5.73 Å². The average Bonchev–Trinajstić information content (AvgIpc) is 2.84. The van der Waals surface area contributed by atoms with Crippen molar-refractivity contribution < 1.29 is 4.92 Å². The number of nitrogens with two attached hydrogens (primary N) is 1. The number of rotatable bonds is 5. The second-order valence-electron chi connectivity index (χ2n) is 4.15. The average molecular weight is 278 g/mol. The van der Waals surface area contributed by atoms with Gasteiger partial charge in [-0.05, 0) is 32.0 Å². The normalized spacial score (nSPS) is 10.6. The Morgan fingerprint density at radius 2 is 2.21 bits per heavy atom. The molecule has 2 rings (SSSR count). The van der Waals surface area contributed by atoms with Gasteiger partial charge in [0.05, 0.1) is 4.92 Å². The van der Waals surface area contributed by atoms with E-state index in [1.54, 1.807) is 19.1 Å². The molecule has 0 aliphatic heterocycles. The smallest absolute Gasteiger partial charge is 0.272 e. The van der Waals surface area contributed by atoms with E-state index in [0.717, 1.165) is 28.4 Å². The molecule has 6 nitrogen and oxygen atoms in total. The number of nitro benzene ring substituents is 1. The topological polar surface area (TPSA) is 94.9 Å². The van der Waals surface area contributed by atoms with E-state index < -0.39 is 0 Å². The predicted octanol–water partition coefficient (Wildman–Crippen LogP) is 2.31. The summed E-state index contributed by atoms with van der Waals surface area (Å²) in [4.78, 5) is 10.4. The van der Waals surface area contributed by atoms with Crippen molar-refractivity contribution in [2.75, 3.05) is 6.54 Å². The highest BCUT2D eigenvalue weighted by molar-refractivity contribution is 7.14. The molecule has 1 aromatic carbocycles. The molecule has 0 amide bonds. The van der Waals surface area contributed by atoms with Gasteiger partial charge in [0, 0.05) is 23.6 Å². The van der Waals surface area contributed by atoms with Gasteiger partial charge in [0.15, 0.2) is 0 Å². The minimum Gasteiger partial charge on any atom is -0.330 e. The van der Waals surface area contributed by atoms with Crippen LogP contribution in [-0.4, -0.2) is 21.7 Å². The molecular formula is C12H14N4O2S. The molecule has 1 aromatic heterocycles. The highest BCUT2D eigenvalue weighted by Crippen LogP contribution is 2.28. The molecule has 0 bridgehead atoms. The van der Waals surface area contributed by atoms with Crippen LogP contribution in [-0.2, 0) is 6.42 Å². The van der Waals surface area contributed by atoms with Crippen molar-refractivity contribution in [3.05, 3.63) is 38.9 Å². The number of hydrogen-bond donors (Lipinski definition) is 1. The molecule has 0 saturated heterocycles. The quantitative estimate of drug-likeness (QED) is 0.669. The van der Waals surface area contributed by atoms with Crippen LogP contribution in [0.5, 0.6) is 0 Å². The molecule has 0 fully saturated rings.